The fourth-order valence-corrected chi connectivity index (χ4v) is 19.1. The van der Waals surface area contributed by atoms with Crippen molar-refractivity contribution in [2.45, 2.75) is 0 Å². The van der Waals surface area contributed by atoms with Gasteiger partial charge in [-0.25, -0.2) is 0 Å². The second-order valence-corrected chi connectivity index (χ2v) is 30.5. The Morgan fingerprint density at radius 2 is 0.407 bits per heavy atom. The summed E-state index contributed by atoms with van der Waals surface area (Å²) >= 11 is 0. The van der Waals surface area contributed by atoms with Gasteiger partial charge in [-0.15, -0.1) is 0 Å². The predicted octanol–water partition coefficient (Wildman–Crippen LogP) is 28.3. The maximum atomic E-state index is 2.57. The van der Waals surface area contributed by atoms with E-state index in [1.54, 1.807) is 0 Å². The summed E-state index contributed by atoms with van der Waals surface area (Å²) in [5.41, 5.74) is 29.5. The first-order valence-corrected chi connectivity index (χ1v) is 39.3. The molecule has 0 spiro atoms. The monoisotopic (exact) mass is 1430 g/mol. The third-order valence-electron chi connectivity index (χ3n) is 24.4. The summed E-state index contributed by atoms with van der Waals surface area (Å²) in [5, 5.41) is 19.5. The topological polar surface area (TPSA) is 6.48 Å². The van der Waals surface area contributed by atoms with Crippen LogP contribution >= 0.6 is 0 Å². The van der Waals surface area contributed by atoms with Crippen LogP contribution in [0.25, 0.3) is 175 Å². The Kier molecular flexibility index (Phi) is 14.8. The molecule has 0 amide bonds. The molecule has 0 saturated heterocycles. The normalized spacial score (nSPS) is 12.4. The molecule has 0 aromatic heterocycles. The Hall–Kier alpha value is -14.6. The predicted molar refractivity (Wildman–Crippen MR) is 484 cm³/mol. The van der Waals surface area contributed by atoms with Crippen LogP contribution in [-0.2, 0) is 0 Å². The van der Waals surface area contributed by atoms with Crippen molar-refractivity contribution in [3.8, 4) is 89.0 Å². The molecule has 2 nitrogen and oxygen atoms in total. The van der Waals surface area contributed by atoms with Gasteiger partial charge in [0.25, 0.3) is 6.71 Å². The summed E-state index contributed by atoms with van der Waals surface area (Å²) < 4.78 is 0. The summed E-state index contributed by atoms with van der Waals surface area (Å²) in [6.07, 6.45) is 0. The highest BCUT2D eigenvalue weighted by Gasteiger charge is 2.44. The lowest BCUT2D eigenvalue weighted by molar-refractivity contribution is 1.25. The van der Waals surface area contributed by atoms with Gasteiger partial charge in [0.1, 0.15) is 0 Å². The van der Waals surface area contributed by atoms with Crippen LogP contribution in [0.4, 0.5) is 34.1 Å². The van der Waals surface area contributed by atoms with E-state index in [0.29, 0.717) is 0 Å². The Labute approximate surface area is 656 Å². The van der Waals surface area contributed by atoms with Gasteiger partial charge in [-0.05, 0) is 264 Å². The van der Waals surface area contributed by atoms with Crippen molar-refractivity contribution in [1.29, 1.82) is 0 Å². The first-order valence-electron chi connectivity index (χ1n) is 39.3. The maximum absolute atomic E-state index is 2.57. The van der Waals surface area contributed by atoms with Gasteiger partial charge < -0.3 is 9.80 Å². The van der Waals surface area contributed by atoms with Crippen LogP contribution in [0.2, 0.25) is 0 Å². The third kappa shape index (κ3) is 10.6. The fourth-order valence-electron chi connectivity index (χ4n) is 19.1. The number of rotatable bonds is 10. The van der Waals surface area contributed by atoms with Crippen LogP contribution in [0.15, 0.2) is 419 Å². The van der Waals surface area contributed by atoms with E-state index in [9.17, 15) is 0 Å². The summed E-state index contributed by atoms with van der Waals surface area (Å²) in [5.74, 6) is 0. The van der Waals surface area contributed by atoms with Crippen molar-refractivity contribution >= 4 is 143 Å². The number of nitrogens with zero attached hydrogens (tertiary/aromatic N) is 2. The Balaban J connectivity index is 0.759. The summed E-state index contributed by atoms with van der Waals surface area (Å²) in [7, 11) is 0. The van der Waals surface area contributed by atoms with Crippen LogP contribution < -0.4 is 26.2 Å². The highest BCUT2D eigenvalue weighted by atomic mass is 15.2. The Bertz CT molecular complexity index is 7080. The van der Waals surface area contributed by atoms with Gasteiger partial charge in [-0.3, -0.25) is 0 Å². The number of anilines is 6. The minimum absolute atomic E-state index is 0.226. The van der Waals surface area contributed by atoms with Gasteiger partial charge in [-0.2, -0.15) is 0 Å². The average Bonchev–Trinajstić information content (AvgIpc) is 0.695. The molecule has 21 aromatic rings. The molecule has 0 N–H and O–H groups in total. The molecule has 522 valence electrons. The summed E-state index contributed by atoms with van der Waals surface area (Å²) in [6.45, 7) is -0.226. The molecule has 0 aliphatic carbocycles. The standard InChI is InChI=1S/C110H69BN2/c1-5-26-80-64-86(40-36-70(80)18-1)106-92-30-13-9-22-74(92)48-58-96(106)78-44-54-90(55-45-78)112-102-62-52-84(98-60-50-76-24-11-15-32-94(76)108(98)88-42-38-72-20-3-7-28-82(72)66-88)68-100(102)111-101-69-85(99-61-51-77-25-12-16-33-95(77)109(99)89-43-39-73-21-4-8-29-83(73)67-89)53-63-103(101)113(105-35-17-34-104(112)110(105)111)91-56-46-79(47-57-91)97-59-49-75-23-10-14-31-93(75)107(97)87-41-37-71-19-2-6-27-81(71)65-87/h1-69H. The lowest BCUT2D eigenvalue weighted by Gasteiger charge is -2.44. The van der Waals surface area contributed by atoms with Crippen LogP contribution in [0, 0.1) is 0 Å². The average molecular weight is 1430 g/mol. The summed E-state index contributed by atoms with van der Waals surface area (Å²) in [4.78, 5) is 5.14. The van der Waals surface area contributed by atoms with Crippen LogP contribution in [0.3, 0.4) is 0 Å². The number of hydrogen-bond donors (Lipinski definition) is 0. The fraction of sp³-hybridized carbons (Fsp3) is 0. The molecule has 0 bridgehead atoms. The zero-order chi connectivity index (χ0) is 74.2. The van der Waals surface area contributed by atoms with E-state index in [1.807, 2.05) is 0 Å². The molecule has 0 fully saturated rings. The highest BCUT2D eigenvalue weighted by Crippen LogP contribution is 2.50. The van der Waals surface area contributed by atoms with Gasteiger partial charge in [0, 0.05) is 34.1 Å². The van der Waals surface area contributed by atoms with Gasteiger partial charge in [-0.1, -0.05) is 346 Å². The number of fused-ring (bicyclic) bond motifs is 12. The van der Waals surface area contributed by atoms with Crippen LogP contribution in [0.5, 0.6) is 0 Å². The molecule has 0 radical (unpaired) electrons. The zero-order valence-electron chi connectivity index (χ0n) is 61.8. The third-order valence-corrected chi connectivity index (χ3v) is 24.4. The van der Waals surface area contributed by atoms with Gasteiger partial charge in [0.2, 0.25) is 0 Å². The van der Waals surface area contributed by atoms with Crippen molar-refractivity contribution in [1.82, 2.24) is 0 Å². The molecular weight excluding hydrogens is 1360 g/mol. The van der Waals surface area contributed by atoms with Crippen molar-refractivity contribution in [2.24, 2.45) is 0 Å². The quantitative estimate of drug-likeness (QED) is 0.126. The highest BCUT2D eigenvalue weighted by molar-refractivity contribution is 7.00. The van der Waals surface area contributed by atoms with E-state index in [4.69, 9.17) is 0 Å². The van der Waals surface area contributed by atoms with Crippen molar-refractivity contribution < 1.29 is 0 Å². The van der Waals surface area contributed by atoms with Crippen molar-refractivity contribution in [3.05, 3.63) is 419 Å². The number of hydrogen-bond acceptors (Lipinski definition) is 2. The molecular formula is C110H69BN2. The first-order chi connectivity index (χ1) is 56.0. The number of benzene rings is 21. The smallest absolute Gasteiger partial charge is 0.252 e. The molecule has 23 rings (SSSR count). The molecule has 2 heterocycles. The van der Waals surface area contributed by atoms with E-state index >= 15 is 0 Å². The SMILES string of the molecule is c1cc2c3c(c1)N(c1ccc(-c4ccc5ccccc5c4-c4ccc5ccccc5c4)cc1)c1ccc(-c4ccc5ccccc5c4-c4ccc5ccccc5c4)cc1B3c1cc(-c3ccc4ccccc4c3-c3ccc4ccccc4c3)ccc1N2c1ccc(-c2ccc3ccccc3c2-c2ccc3ccccc3c2)cc1. The first kappa shape index (κ1) is 64.4. The van der Waals surface area contributed by atoms with Crippen LogP contribution in [-0.4, -0.2) is 6.71 Å². The minimum Gasteiger partial charge on any atom is -0.311 e. The molecule has 21 aromatic carbocycles. The van der Waals surface area contributed by atoms with Crippen molar-refractivity contribution in [3.63, 3.8) is 0 Å². The zero-order valence-corrected chi connectivity index (χ0v) is 61.8. The van der Waals surface area contributed by atoms with Gasteiger partial charge >= 0.3 is 0 Å². The van der Waals surface area contributed by atoms with E-state index in [-0.39, 0.29) is 6.71 Å². The second kappa shape index (κ2) is 26.0. The van der Waals surface area contributed by atoms with E-state index in [1.165, 1.54) is 169 Å². The van der Waals surface area contributed by atoms with Gasteiger partial charge in [0.15, 0.2) is 0 Å². The molecule has 3 heteroatoms. The molecule has 0 saturated carbocycles. The molecule has 0 atom stereocenters. The van der Waals surface area contributed by atoms with Crippen LogP contribution in [0.1, 0.15) is 0 Å². The molecule has 2 aliphatic rings. The lowest BCUT2D eigenvalue weighted by Crippen LogP contribution is -2.61. The van der Waals surface area contributed by atoms with Gasteiger partial charge in [0.05, 0.1) is 0 Å². The molecule has 113 heavy (non-hydrogen) atoms. The Morgan fingerprint density at radius 1 is 0.159 bits per heavy atom. The molecule has 2 aliphatic heterocycles. The largest absolute Gasteiger partial charge is 0.311 e. The van der Waals surface area contributed by atoms with Crippen molar-refractivity contribution in [2.75, 3.05) is 9.80 Å². The second-order valence-electron chi connectivity index (χ2n) is 30.5. The minimum atomic E-state index is -0.226. The Morgan fingerprint density at radius 3 is 0.717 bits per heavy atom. The molecule has 0 unspecified atom stereocenters. The van der Waals surface area contributed by atoms with E-state index < -0.39 is 0 Å². The summed E-state index contributed by atoms with van der Waals surface area (Å²) in [6, 6.07) is 158. The van der Waals surface area contributed by atoms with E-state index in [0.717, 1.165) is 56.4 Å². The maximum Gasteiger partial charge on any atom is 0.252 e. The van der Waals surface area contributed by atoms with E-state index in [2.05, 4.69) is 428 Å². The lowest BCUT2D eigenvalue weighted by atomic mass is 9.33.